The highest BCUT2D eigenvalue weighted by Gasteiger charge is 2.08. The summed E-state index contributed by atoms with van der Waals surface area (Å²) in [5.74, 6) is 0. The lowest BCUT2D eigenvalue weighted by Crippen LogP contribution is -1.97. The lowest BCUT2D eigenvalue weighted by atomic mass is 9.96. The van der Waals surface area contributed by atoms with Crippen LogP contribution in [0.3, 0.4) is 0 Å². The van der Waals surface area contributed by atoms with Crippen molar-refractivity contribution < 1.29 is 0 Å². The van der Waals surface area contributed by atoms with E-state index in [2.05, 4.69) is 65.9 Å². The second-order valence-electron chi connectivity index (χ2n) is 6.40. The molecule has 25 heavy (non-hydrogen) atoms. The lowest BCUT2D eigenvalue weighted by molar-refractivity contribution is 0.954. The Kier molecular flexibility index (Phi) is 4.02. The number of aryl methyl sites for hydroxylation is 3. The Morgan fingerprint density at radius 2 is 1.72 bits per heavy atom. The van der Waals surface area contributed by atoms with Gasteiger partial charge in [0.2, 0.25) is 0 Å². The van der Waals surface area contributed by atoms with E-state index < -0.39 is 0 Å². The third-order valence-electron chi connectivity index (χ3n) is 4.85. The molecule has 2 heterocycles. The van der Waals surface area contributed by atoms with E-state index in [1.807, 2.05) is 24.5 Å². The first-order chi connectivity index (χ1) is 12.3. The maximum Gasteiger partial charge on any atom is 0.0967 e. The van der Waals surface area contributed by atoms with Crippen LogP contribution in [0.2, 0.25) is 0 Å². The van der Waals surface area contributed by atoms with Gasteiger partial charge in [0.1, 0.15) is 0 Å². The zero-order valence-electron chi connectivity index (χ0n) is 14.4. The van der Waals surface area contributed by atoms with Crippen LogP contribution in [0.15, 0.2) is 67.5 Å². The van der Waals surface area contributed by atoms with Crippen molar-refractivity contribution in [1.82, 2.24) is 9.97 Å². The van der Waals surface area contributed by atoms with E-state index in [0.29, 0.717) is 0 Å². The summed E-state index contributed by atoms with van der Waals surface area (Å²) in [5.41, 5.74) is 7.17. The summed E-state index contributed by atoms with van der Waals surface area (Å²) in [6, 6.07) is 17.0. The van der Waals surface area contributed by atoms with Crippen molar-refractivity contribution in [1.29, 1.82) is 0 Å². The Labute approximate surface area is 147 Å². The van der Waals surface area contributed by atoms with Gasteiger partial charge in [-0.05, 0) is 54.2 Å². The molecule has 2 aromatic heterocycles. The largest absolute Gasteiger partial charge is 0.254 e. The average Bonchev–Trinajstić information content (AvgIpc) is 2.67. The first-order valence-electron chi connectivity index (χ1n) is 8.59. The molecule has 0 atom stereocenters. The molecule has 2 aromatic carbocycles. The van der Waals surface area contributed by atoms with Gasteiger partial charge in [0.25, 0.3) is 0 Å². The van der Waals surface area contributed by atoms with E-state index in [1.54, 1.807) is 0 Å². The normalized spacial score (nSPS) is 11.1. The monoisotopic (exact) mass is 324 g/mol. The topological polar surface area (TPSA) is 25.8 Å². The van der Waals surface area contributed by atoms with Crippen molar-refractivity contribution in [3.05, 3.63) is 89.8 Å². The predicted octanol–water partition coefficient (Wildman–Crippen LogP) is 5.52. The van der Waals surface area contributed by atoms with Gasteiger partial charge in [-0.2, -0.15) is 0 Å². The maximum atomic E-state index is 4.59. The number of aromatic nitrogens is 2. The van der Waals surface area contributed by atoms with E-state index in [1.165, 1.54) is 27.6 Å². The highest BCUT2D eigenvalue weighted by Crippen LogP contribution is 2.25. The van der Waals surface area contributed by atoms with Gasteiger partial charge in [0.05, 0.1) is 11.0 Å². The molecule has 0 saturated heterocycles. The smallest absolute Gasteiger partial charge is 0.0967 e. The van der Waals surface area contributed by atoms with Crippen LogP contribution >= 0.6 is 0 Å². The van der Waals surface area contributed by atoms with Gasteiger partial charge in [-0.15, -0.1) is 0 Å². The van der Waals surface area contributed by atoms with Crippen LogP contribution in [-0.2, 0) is 12.8 Å². The fourth-order valence-corrected chi connectivity index (χ4v) is 3.39. The summed E-state index contributed by atoms with van der Waals surface area (Å²) in [4.78, 5) is 9.13. The number of rotatable bonds is 4. The summed E-state index contributed by atoms with van der Waals surface area (Å²) in [5, 5.41) is 2.33. The Morgan fingerprint density at radius 3 is 2.60 bits per heavy atom. The number of hydrogen-bond acceptors (Lipinski definition) is 2. The van der Waals surface area contributed by atoms with Crippen molar-refractivity contribution in [3.63, 3.8) is 0 Å². The number of fused-ring (bicyclic) bond motifs is 3. The molecule has 0 fully saturated rings. The fourth-order valence-electron chi connectivity index (χ4n) is 3.39. The quantitative estimate of drug-likeness (QED) is 0.462. The number of hydrogen-bond donors (Lipinski definition) is 0. The summed E-state index contributed by atoms with van der Waals surface area (Å²) in [6.45, 7) is 6.05. The van der Waals surface area contributed by atoms with Crippen molar-refractivity contribution in [2.45, 2.75) is 19.8 Å². The minimum Gasteiger partial charge on any atom is -0.254 e. The van der Waals surface area contributed by atoms with Crippen LogP contribution in [0.25, 0.3) is 27.9 Å². The molecule has 0 aliphatic rings. The zero-order valence-corrected chi connectivity index (χ0v) is 14.4. The highest BCUT2D eigenvalue weighted by atomic mass is 14.7. The van der Waals surface area contributed by atoms with Crippen molar-refractivity contribution in [2.24, 2.45) is 0 Å². The molecular formula is C23H20N2. The molecule has 0 aliphatic carbocycles. The van der Waals surface area contributed by atoms with Crippen LogP contribution in [0, 0.1) is 6.92 Å². The van der Waals surface area contributed by atoms with Gasteiger partial charge >= 0.3 is 0 Å². The van der Waals surface area contributed by atoms with E-state index in [-0.39, 0.29) is 0 Å². The van der Waals surface area contributed by atoms with Crippen LogP contribution in [0.4, 0.5) is 0 Å². The third-order valence-corrected chi connectivity index (χ3v) is 4.85. The average molecular weight is 324 g/mol. The van der Waals surface area contributed by atoms with Crippen LogP contribution < -0.4 is 0 Å². The SMILES string of the molecule is C=Cc1ccc(C)c(CCc2ccnc3c2ccc2cccnc23)c1. The molecule has 0 unspecified atom stereocenters. The van der Waals surface area contributed by atoms with Crippen LogP contribution in [-0.4, -0.2) is 9.97 Å². The van der Waals surface area contributed by atoms with E-state index in [9.17, 15) is 0 Å². The number of benzene rings is 2. The molecule has 0 bridgehead atoms. The number of nitrogens with zero attached hydrogens (tertiary/aromatic N) is 2. The second kappa shape index (κ2) is 6.48. The fraction of sp³-hybridized carbons (Fsp3) is 0.130. The molecule has 0 amide bonds. The van der Waals surface area contributed by atoms with Gasteiger partial charge < -0.3 is 0 Å². The molecule has 0 N–H and O–H groups in total. The zero-order chi connectivity index (χ0) is 17.2. The van der Waals surface area contributed by atoms with Crippen molar-refractivity contribution in [2.75, 3.05) is 0 Å². The minimum atomic E-state index is 0.978. The van der Waals surface area contributed by atoms with Gasteiger partial charge in [-0.25, -0.2) is 0 Å². The molecule has 0 saturated carbocycles. The number of pyridine rings is 2. The summed E-state index contributed by atoms with van der Waals surface area (Å²) in [7, 11) is 0. The predicted molar refractivity (Wildman–Crippen MR) is 106 cm³/mol. The molecule has 4 rings (SSSR count). The molecular weight excluding hydrogens is 304 g/mol. The Hall–Kier alpha value is -3.00. The van der Waals surface area contributed by atoms with Crippen LogP contribution in [0.5, 0.6) is 0 Å². The van der Waals surface area contributed by atoms with Gasteiger partial charge in [-0.3, -0.25) is 9.97 Å². The molecule has 0 aliphatic heterocycles. The Morgan fingerprint density at radius 1 is 0.880 bits per heavy atom. The molecule has 2 nitrogen and oxygen atoms in total. The lowest BCUT2D eigenvalue weighted by Gasteiger charge is -2.10. The summed E-state index contributed by atoms with van der Waals surface area (Å²) >= 11 is 0. The first-order valence-corrected chi connectivity index (χ1v) is 8.59. The maximum absolute atomic E-state index is 4.59. The molecule has 0 radical (unpaired) electrons. The Bertz CT molecular complexity index is 1080. The highest BCUT2D eigenvalue weighted by molar-refractivity contribution is 6.03. The molecule has 4 aromatic rings. The summed E-state index contributed by atoms with van der Waals surface area (Å²) < 4.78 is 0. The third kappa shape index (κ3) is 2.91. The van der Waals surface area contributed by atoms with Crippen molar-refractivity contribution >= 4 is 27.9 Å². The van der Waals surface area contributed by atoms with E-state index >= 15 is 0 Å². The van der Waals surface area contributed by atoms with Gasteiger partial charge in [0.15, 0.2) is 0 Å². The van der Waals surface area contributed by atoms with E-state index in [0.717, 1.165) is 29.3 Å². The molecule has 0 spiro atoms. The first kappa shape index (κ1) is 15.5. The molecule has 2 heteroatoms. The van der Waals surface area contributed by atoms with Crippen molar-refractivity contribution in [3.8, 4) is 0 Å². The van der Waals surface area contributed by atoms with Gasteiger partial charge in [0, 0.05) is 23.2 Å². The standard InChI is InChI=1S/C23H20N2/c1-3-17-7-6-16(2)20(15-17)9-8-18-12-14-25-23-21(18)11-10-19-5-4-13-24-22(19)23/h3-7,10-15H,1,8-9H2,2H3. The minimum absolute atomic E-state index is 0.978. The van der Waals surface area contributed by atoms with E-state index in [4.69, 9.17) is 0 Å². The summed E-state index contributed by atoms with van der Waals surface area (Å²) in [6.07, 6.45) is 7.63. The Balaban J connectivity index is 1.73. The van der Waals surface area contributed by atoms with Gasteiger partial charge in [-0.1, -0.05) is 49.1 Å². The second-order valence-corrected chi connectivity index (χ2v) is 6.40. The van der Waals surface area contributed by atoms with Crippen LogP contribution in [0.1, 0.15) is 22.3 Å². The molecule has 122 valence electrons.